The molecule has 13 N–H and O–H groups in total. The Morgan fingerprint density at radius 1 is 0.497 bits per heavy atom. The normalized spacial score (nSPS) is 12.9. The average Bonchev–Trinajstić information content (AvgIpc) is 1.58. The summed E-state index contributed by atoms with van der Waals surface area (Å²) in [6.07, 6.45) is 14.1. The quantitative estimate of drug-likeness (QED) is 0.0125. The lowest BCUT2D eigenvalue weighted by molar-refractivity contribution is -0.197. The fraction of sp³-hybridized carbons (Fsp3) is 0.448. The number of urea groups is 2. The van der Waals surface area contributed by atoms with E-state index in [2.05, 4.69) is 106 Å². The number of amides is 10. The molecule has 0 spiro atoms. The van der Waals surface area contributed by atoms with Crippen molar-refractivity contribution in [2.75, 3.05) is 110 Å². The van der Waals surface area contributed by atoms with Crippen LogP contribution in [0.4, 0.5) is 25.4 Å². The minimum Gasteiger partial charge on any atom is -0.489 e. The van der Waals surface area contributed by atoms with Gasteiger partial charge in [-0.2, -0.15) is 0 Å². The van der Waals surface area contributed by atoms with Gasteiger partial charge in [0.2, 0.25) is 23.6 Å². The third-order valence-electron chi connectivity index (χ3n) is 24.8. The zero-order valence-electron chi connectivity index (χ0n) is 85.1. The number of rotatable bonds is 59. The monoisotopic (exact) mass is 2030 g/mol. The van der Waals surface area contributed by atoms with Crippen molar-refractivity contribution < 1.29 is 111 Å². The largest absolute Gasteiger partial charge is 0.489 e. The van der Waals surface area contributed by atoms with Crippen LogP contribution in [0.25, 0.3) is 65.2 Å². The molecule has 1 fully saturated rings. The molecule has 4 atom stereocenters. The maximum Gasteiger partial charge on any atom is 0.333 e. The molecule has 12 aromatic rings. The summed E-state index contributed by atoms with van der Waals surface area (Å²) in [7, 11) is -1.00. The molecule has 786 valence electrons. The number of halogens is 1. The van der Waals surface area contributed by atoms with E-state index in [4.69, 9.17) is 60.7 Å². The van der Waals surface area contributed by atoms with Crippen molar-refractivity contribution >= 4 is 148 Å². The number of primary amides is 2. The van der Waals surface area contributed by atoms with Crippen molar-refractivity contribution in [3.05, 3.63) is 179 Å². The van der Waals surface area contributed by atoms with E-state index in [0.29, 0.717) is 119 Å². The third kappa shape index (κ3) is 33.9. The third-order valence-corrected chi connectivity index (χ3v) is 24.8. The number of Topliss-reactive ketones (excluding diaryl/α,β-unsaturated/α-hetero) is 2. The SMILES string of the molecule is Cc1c2ccncc2c(C)c2c1[nH]c1ccc(OCc3ccc(NC(=O)C(CCCNC(N)=O)CC(=O)C(NC(=O)COCCOCCOCCn4cc(CCCC(=O)O)nn4)C(C)C)cc3)cc12.Cc1c2ccncc2c(C)c2c1[nH]c1ccc(OCc3ccc(NC(=O)C(CCCNC(N)=O)CC(=O)C(NC(=O)COCCOCCOCCn4cc(CCCC(=O)ON5C(=O)CCC5=O)nn4)C(C)C)cc3)cc12.[2H]CF. The van der Waals surface area contributed by atoms with Crippen molar-refractivity contribution in [3.8, 4) is 11.5 Å². The maximum atomic E-state index is 13.8. The summed E-state index contributed by atoms with van der Waals surface area (Å²) in [4.78, 5) is 170. The van der Waals surface area contributed by atoms with E-state index < -0.39 is 78.7 Å². The highest BCUT2D eigenvalue weighted by Crippen LogP contribution is 2.40. The number of alkyl halides is 1. The highest BCUT2D eigenvalue weighted by Gasteiger charge is 2.35. The maximum absolute atomic E-state index is 13.8. The second-order valence-corrected chi connectivity index (χ2v) is 36.3. The molecule has 41 nitrogen and oxygen atoms in total. The first-order chi connectivity index (χ1) is 71.3. The molecule has 6 aromatic carbocycles. The molecule has 0 aliphatic carbocycles. The van der Waals surface area contributed by atoms with Crippen molar-refractivity contribution in [1.82, 2.24) is 76.3 Å². The van der Waals surface area contributed by atoms with E-state index >= 15 is 0 Å². The Bertz CT molecular complexity index is 6520. The number of aliphatic carboxylic acids is 1. The molecular weight excluding hydrogens is 1900 g/mol. The molecule has 1 aliphatic heterocycles. The van der Waals surface area contributed by atoms with Crippen molar-refractivity contribution in [2.45, 2.75) is 184 Å². The van der Waals surface area contributed by atoms with Gasteiger partial charge in [-0.05, 0) is 208 Å². The lowest BCUT2D eigenvalue weighted by atomic mass is 9.89. The number of hydrogen-bond donors (Lipinski definition) is 11. The van der Waals surface area contributed by atoms with Crippen molar-refractivity contribution in [3.63, 3.8) is 0 Å². The van der Waals surface area contributed by atoms with Crippen LogP contribution in [0.15, 0.2) is 134 Å². The van der Waals surface area contributed by atoms with Gasteiger partial charge in [0.25, 0.3) is 11.8 Å². The van der Waals surface area contributed by atoms with Gasteiger partial charge in [0.15, 0.2) is 11.6 Å². The molecule has 10 amide bonds. The number of carbonyl (C=O) groups excluding carboxylic acids is 11. The lowest BCUT2D eigenvalue weighted by Crippen LogP contribution is -2.47. The molecule has 7 heterocycles. The van der Waals surface area contributed by atoms with Crippen LogP contribution in [0.1, 0.15) is 151 Å². The molecule has 0 saturated carbocycles. The molecule has 1 aliphatic rings. The van der Waals surface area contributed by atoms with Gasteiger partial charge in [-0.1, -0.05) is 62.4 Å². The van der Waals surface area contributed by atoms with E-state index in [0.717, 1.165) is 88.1 Å². The number of fused-ring (bicyclic) bond motifs is 8. The molecular formula is C105H132FN19O22. The number of ether oxygens (including phenoxy) is 8. The zero-order valence-corrected chi connectivity index (χ0v) is 84.1. The fourth-order valence-electron chi connectivity index (χ4n) is 17.1. The van der Waals surface area contributed by atoms with E-state index in [1.807, 2.05) is 105 Å². The second kappa shape index (κ2) is 57.2. The van der Waals surface area contributed by atoms with Gasteiger partial charge in [-0.3, -0.25) is 57.5 Å². The van der Waals surface area contributed by atoms with Crippen LogP contribution in [0.3, 0.4) is 0 Å². The summed E-state index contributed by atoms with van der Waals surface area (Å²) < 4.78 is 64.5. The zero-order chi connectivity index (χ0) is 106. The molecule has 6 aromatic heterocycles. The molecule has 0 radical (unpaired) electrons. The predicted molar refractivity (Wildman–Crippen MR) is 546 cm³/mol. The topological polar surface area (TPSA) is 554 Å². The molecule has 0 bridgehead atoms. The summed E-state index contributed by atoms with van der Waals surface area (Å²) >= 11 is 0. The smallest absolute Gasteiger partial charge is 0.333 e. The molecule has 1 saturated heterocycles. The van der Waals surface area contributed by atoms with Crippen molar-refractivity contribution in [2.24, 2.45) is 35.1 Å². The minimum absolute atomic E-state index is 0.0114. The van der Waals surface area contributed by atoms with Crippen LogP contribution in [-0.2, 0) is 120 Å². The van der Waals surface area contributed by atoms with E-state index in [-0.39, 0.29) is 153 Å². The van der Waals surface area contributed by atoms with Crippen LogP contribution >= 0.6 is 0 Å². The van der Waals surface area contributed by atoms with Crippen LogP contribution in [-0.4, -0.2) is 243 Å². The minimum atomic E-state index is -1.00. The van der Waals surface area contributed by atoms with E-state index in [1.165, 1.54) is 21.9 Å². The molecule has 42 heteroatoms. The number of anilines is 2. The van der Waals surface area contributed by atoms with Crippen LogP contribution in [0.2, 0.25) is 0 Å². The highest BCUT2D eigenvalue weighted by molar-refractivity contribution is 6.18. The summed E-state index contributed by atoms with van der Waals surface area (Å²) in [5.41, 5.74) is 23.6. The second-order valence-electron chi connectivity index (χ2n) is 36.3. The number of carboxylic acids is 1. The predicted octanol–water partition coefficient (Wildman–Crippen LogP) is 11.9. The first-order valence-electron chi connectivity index (χ1n) is 49.7. The van der Waals surface area contributed by atoms with Gasteiger partial charge in [0, 0.05) is 155 Å². The summed E-state index contributed by atoms with van der Waals surface area (Å²) in [6.45, 7) is 19.7. The number of ketones is 2. The Labute approximate surface area is 850 Å². The summed E-state index contributed by atoms with van der Waals surface area (Å²) in [6, 6.07) is 27.6. The number of hydroxylamine groups is 2. The number of imide groups is 1. The Balaban J connectivity index is 0.000000275. The van der Waals surface area contributed by atoms with Gasteiger partial charge in [-0.25, -0.2) is 23.7 Å². The number of benzene rings is 6. The molecule has 13 rings (SSSR count). The number of nitrogens with zero attached hydrogens (tertiary/aromatic N) is 9. The standard InChI is InChI=1S/C54H66N10O12.C50H63N9O10.CH3F/c1-33(2)51(60-46(66)32-74-26-25-73-24-23-72-22-21-63-30-39(61-62-63)8-5-9-49(69)76-64-47(67)16-17-48(64)68)45(65)27-37(7-6-19-57-54(55)71)53(70)58-38-12-10-36(11-13-38)31-75-40-14-15-44-42(28-40)50-34(3)43-29-56-20-18-41(43)35(4)52(50)59-44;1-31(2)47(56-44(61)30-68-24-23-67-22-21-66-20-19-59-28-37(57-58-59)8-5-9-45(62)63)43(60)25-35(7-6-17-53-50(51)65)49(64)54-36-12-10-34(11-13-36)29-69-38-14-15-42-40(26-38)46-32(3)41-27-52-18-16-39(41)33(4)48(46)55-42;1-2/h10-15,18,20,28-30,33,37,51,59H,5-9,16-17,19,21-27,31-32H2,1-4H3,(H,58,70)(H,60,66)(H3,55,57,71);10-16,18,26-28,31,35,47,55H,5-9,17,19-25,29-30H2,1-4H3,(H,54,64)(H,56,61)(H,62,63)(H3,51,53,65);1H3/i;;1D. The number of carbonyl (C=O) groups is 12. The number of pyridine rings is 2. The van der Waals surface area contributed by atoms with Gasteiger partial charge in [-0.15, -0.1) is 15.3 Å². The van der Waals surface area contributed by atoms with Gasteiger partial charge < -0.3 is 101 Å². The van der Waals surface area contributed by atoms with E-state index in [1.54, 1.807) is 59.9 Å². The molecule has 4 unspecified atom stereocenters. The summed E-state index contributed by atoms with van der Waals surface area (Å²) in [5, 5.41) is 51.0. The first-order valence-corrected chi connectivity index (χ1v) is 49.0. The van der Waals surface area contributed by atoms with Crippen molar-refractivity contribution in [1.29, 1.82) is 0 Å². The average molecular weight is 2030 g/mol. The van der Waals surface area contributed by atoms with Crippen LogP contribution in [0, 0.1) is 51.4 Å². The number of aryl methyl sites for hydroxylation is 6. The number of H-pyrrole nitrogens is 2. The number of aromatic amines is 2. The lowest BCUT2D eigenvalue weighted by Gasteiger charge is -2.24. The van der Waals surface area contributed by atoms with Gasteiger partial charge in [0.05, 0.1) is 122 Å². The number of nitrogens with one attached hydrogen (secondary N) is 8. The van der Waals surface area contributed by atoms with Gasteiger partial charge in [0.1, 0.15) is 37.9 Å². The highest BCUT2D eigenvalue weighted by atomic mass is 19.1. The Morgan fingerprint density at radius 3 is 1.29 bits per heavy atom. The first kappa shape index (κ1) is 111. The molecule has 147 heavy (non-hydrogen) atoms. The Hall–Kier alpha value is -14.9. The van der Waals surface area contributed by atoms with E-state index in [9.17, 15) is 61.9 Å². The van der Waals surface area contributed by atoms with Gasteiger partial charge >= 0.3 is 24.0 Å². The van der Waals surface area contributed by atoms with Crippen LogP contribution < -0.4 is 52.8 Å². The fourth-order valence-corrected chi connectivity index (χ4v) is 17.1. The number of carboxylic acid groups (broad SMARTS) is 1. The number of aromatic nitrogens is 10. The Kier molecular flexibility index (Phi) is 43.1. The summed E-state index contributed by atoms with van der Waals surface area (Å²) in [5.74, 6) is -5.56. The Morgan fingerprint density at radius 2 is 0.891 bits per heavy atom. The van der Waals surface area contributed by atoms with Crippen LogP contribution in [0.5, 0.6) is 11.5 Å². The number of nitrogens with two attached hydrogens (primary N) is 2. The number of hydrogen-bond acceptors (Lipinski definition) is 27.